The smallest absolute Gasteiger partial charge is 0.248 e. The summed E-state index contributed by atoms with van der Waals surface area (Å²) in [6, 6.07) is 0. The molecule has 0 aromatic carbocycles. The SMILES string of the molecule is CCCCCCCC/C=C\CCCCCCCCNC(=O)C(O)CCC(O)CO. The first-order chi connectivity index (χ1) is 14.1. The molecule has 0 rings (SSSR count). The Hall–Kier alpha value is -0.910. The highest BCUT2D eigenvalue weighted by molar-refractivity contribution is 5.80. The Morgan fingerprint density at radius 3 is 1.86 bits per heavy atom. The predicted octanol–water partition coefficient (Wildman–Crippen LogP) is 4.63. The minimum Gasteiger partial charge on any atom is -0.394 e. The maximum Gasteiger partial charge on any atom is 0.248 e. The number of aliphatic hydroxyl groups excluding tert-OH is 3. The number of hydrogen-bond acceptors (Lipinski definition) is 4. The first-order valence-corrected chi connectivity index (χ1v) is 12.0. The molecule has 0 aromatic rings. The van der Waals surface area contributed by atoms with E-state index in [1.807, 2.05) is 0 Å². The van der Waals surface area contributed by atoms with Gasteiger partial charge in [0.15, 0.2) is 0 Å². The van der Waals surface area contributed by atoms with E-state index in [-0.39, 0.29) is 25.4 Å². The summed E-state index contributed by atoms with van der Waals surface area (Å²) >= 11 is 0. The second-order valence-electron chi connectivity index (χ2n) is 8.16. The molecule has 0 aromatic heterocycles. The molecule has 1 amide bonds. The van der Waals surface area contributed by atoms with Gasteiger partial charge >= 0.3 is 0 Å². The van der Waals surface area contributed by atoms with Gasteiger partial charge < -0.3 is 20.6 Å². The van der Waals surface area contributed by atoms with Gasteiger partial charge in [-0.15, -0.1) is 0 Å². The van der Waals surface area contributed by atoms with Gasteiger partial charge in [0.25, 0.3) is 0 Å². The van der Waals surface area contributed by atoms with E-state index in [1.165, 1.54) is 77.0 Å². The van der Waals surface area contributed by atoms with E-state index >= 15 is 0 Å². The Kier molecular flexibility index (Phi) is 21.1. The van der Waals surface area contributed by atoms with E-state index < -0.39 is 12.2 Å². The molecule has 5 nitrogen and oxygen atoms in total. The number of hydrogen-bond donors (Lipinski definition) is 4. The number of rotatable bonds is 21. The number of carbonyl (C=O) groups excluding carboxylic acids is 1. The molecule has 29 heavy (non-hydrogen) atoms. The Morgan fingerprint density at radius 2 is 1.31 bits per heavy atom. The zero-order valence-corrected chi connectivity index (χ0v) is 18.8. The number of aliphatic hydroxyl groups is 3. The molecule has 4 N–H and O–H groups in total. The summed E-state index contributed by atoms with van der Waals surface area (Å²) in [5.41, 5.74) is 0. The van der Waals surface area contributed by atoms with Gasteiger partial charge in [-0.2, -0.15) is 0 Å². The van der Waals surface area contributed by atoms with Gasteiger partial charge in [-0.3, -0.25) is 4.79 Å². The molecule has 0 fully saturated rings. The molecular formula is C24H47NO4. The third-order valence-corrected chi connectivity index (χ3v) is 5.27. The monoisotopic (exact) mass is 413 g/mol. The van der Waals surface area contributed by atoms with Crippen molar-refractivity contribution in [3.05, 3.63) is 12.2 Å². The van der Waals surface area contributed by atoms with Crippen LogP contribution in [-0.2, 0) is 4.79 Å². The molecule has 0 bridgehead atoms. The van der Waals surface area contributed by atoms with Gasteiger partial charge in [0.05, 0.1) is 12.7 Å². The van der Waals surface area contributed by atoms with Crippen molar-refractivity contribution in [1.29, 1.82) is 0 Å². The predicted molar refractivity (Wildman–Crippen MR) is 121 cm³/mol. The van der Waals surface area contributed by atoms with Crippen LogP contribution in [0, 0.1) is 0 Å². The van der Waals surface area contributed by atoms with E-state index in [4.69, 9.17) is 5.11 Å². The number of allylic oxidation sites excluding steroid dienone is 2. The third kappa shape index (κ3) is 20.2. The molecule has 0 saturated carbocycles. The first kappa shape index (κ1) is 28.1. The highest BCUT2D eigenvalue weighted by Crippen LogP contribution is 2.10. The maximum absolute atomic E-state index is 11.7. The minimum absolute atomic E-state index is 0.168. The number of nitrogens with one attached hydrogen (secondary N) is 1. The Balaban J connectivity index is 3.32. The lowest BCUT2D eigenvalue weighted by Crippen LogP contribution is -2.35. The summed E-state index contributed by atoms with van der Waals surface area (Å²) in [6.45, 7) is 2.50. The molecule has 0 aliphatic rings. The summed E-state index contributed by atoms with van der Waals surface area (Å²) in [4.78, 5) is 11.7. The van der Waals surface area contributed by atoms with Crippen molar-refractivity contribution in [2.24, 2.45) is 0 Å². The van der Waals surface area contributed by atoms with Gasteiger partial charge in [0.1, 0.15) is 6.10 Å². The summed E-state index contributed by atoms with van der Waals surface area (Å²) in [5, 5.41) is 30.4. The van der Waals surface area contributed by atoms with Crippen LogP contribution in [0.25, 0.3) is 0 Å². The van der Waals surface area contributed by atoms with E-state index in [9.17, 15) is 15.0 Å². The van der Waals surface area contributed by atoms with Gasteiger partial charge in [-0.05, 0) is 44.9 Å². The molecule has 172 valence electrons. The summed E-state index contributed by atoms with van der Waals surface area (Å²) in [6.07, 6.45) is 20.7. The van der Waals surface area contributed by atoms with Crippen LogP contribution in [0.4, 0.5) is 0 Å². The van der Waals surface area contributed by atoms with Crippen molar-refractivity contribution in [3.8, 4) is 0 Å². The molecule has 5 heteroatoms. The summed E-state index contributed by atoms with van der Waals surface area (Å²) in [5.74, 6) is -0.386. The Labute approximate surface area is 179 Å². The molecule has 2 atom stereocenters. The molecule has 0 spiro atoms. The molecule has 0 heterocycles. The largest absolute Gasteiger partial charge is 0.394 e. The first-order valence-electron chi connectivity index (χ1n) is 12.0. The standard InChI is InChI=1S/C24H47NO4/c1-2-3-4-5-6-7-8-9-10-11-12-13-14-15-16-17-20-25-24(29)23(28)19-18-22(27)21-26/h9-10,22-23,26-28H,2-8,11-21H2,1H3,(H,25,29)/b10-9-. The van der Waals surface area contributed by atoms with E-state index in [0.717, 1.165) is 12.8 Å². The van der Waals surface area contributed by atoms with Crippen LogP contribution < -0.4 is 5.32 Å². The van der Waals surface area contributed by atoms with E-state index in [0.29, 0.717) is 6.54 Å². The van der Waals surface area contributed by atoms with Crippen molar-refractivity contribution in [1.82, 2.24) is 5.32 Å². The highest BCUT2D eigenvalue weighted by atomic mass is 16.3. The van der Waals surface area contributed by atoms with Gasteiger partial charge in [-0.1, -0.05) is 76.9 Å². The fourth-order valence-electron chi connectivity index (χ4n) is 3.27. The molecule has 0 aliphatic heterocycles. The van der Waals surface area contributed by atoms with Crippen molar-refractivity contribution in [2.45, 2.75) is 122 Å². The maximum atomic E-state index is 11.7. The van der Waals surface area contributed by atoms with Crippen LogP contribution in [0.15, 0.2) is 12.2 Å². The molecule has 0 saturated heterocycles. The Bertz CT molecular complexity index is 387. The van der Waals surface area contributed by atoms with Gasteiger partial charge in [0, 0.05) is 6.54 Å². The summed E-state index contributed by atoms with van der Waals surface area (Å²) in [7, 11) is 0. The minimum atomic E-state index is -1.11. The van der Waals surface area contributed by atoms with Crippen LogP contribution in [0.2, 0.25) is 0 Å². The van der Waals surface area contributed by atoms with Crippen molar-refractivity contribution < 1.29 is 20.1 Å². The van der Waals surface area contributed by atoms with E-state index in [1.54, 1.807) is 0 Å². The van der Waals surface area contributed by atoms with Gasteiger partial charge in [-0.25, -0.2) is 0 Å². The lowest BCUT2D eigenvalue weighted by molar-refractivity contribution is -0.129. The average Bonchev–Trinajstić information content (AvgIpc) is 2.73. The second kappa shape index (κ2) is 21.8. The second-order valence-corrected chi connectivity index (χ2v) is 8.16. The summed E-state index contributed by atoms with van der Waals surface area (Å²) < 4.78 is 0. The van der Waals surface area contributed by atoms with Gasteiger partial charge in [0.2, 0.25) is 5.91 Å². The van der Waals surface area contributed by atoms with Crippen molar-refractivity contribution >= 4 is 5.91 Å². The fourth-order valence-corrected chi connectivity index (χ4v) is 3.27. The fraction of sp³-hybridized carbons (Fsp3) is 0.875. The lowest BCUT2D eigenvalue weighted by atomic mass is 10.1. The van der Waals surface area contributed by atoms with E-state index in [2.05, 4.69) is 24.4 Å². The van der Waals surface area contributed by atoms with Crippen LogP contribution in [-0.4, -0.2) is 46.6 Å². The average molecular weight is 414 g/mol. The molecule has 0 radical (unpaired) electrons. The highest BCUT2D eigenvalue weighted by Gasteiger charge is 2.15. The van der Waals surface area contributed by atoms with Crippen LogP contribution in [0.1, 0.15) is 110 Å². The molecular weight excluding hydrogens is 366 g/mol. The number of amides is 1. The zero-order valence-electron chi connectivity index (χ0n) is 18.8. The topological polar surface area (TPSA) is 89.8 Å². The number of carbonyl (C=O) groups is 1. The van der Waals surface area contributed by atoms with Crippen molar-refractivity contribution in [2.75, 3.05) is 13.2 Å². The van der Waals surface area contributed by atoms with Crippen LogP contribution in [0.3, 0.4) is 0 Å². The van der Waals surface area contributed by atoms with Crippen LogP contribution >= 0.6 is 0 Å². The molecule has 0 aliphatic carbocycles. The van der Waals surface area contributed by atoms with Crippen molar-refractivity contribution in [3.63, 3.8) is 0 Å². The Morgan fingerprint density at radius 1 is 0.793 bits per heavy atom. The molecule has 2 unspecified atom stereocenters. The third-order valence-electron chi connectivity index (χ3n) is 5.27. The quantitative estimate of drug-likeness (QED) is 0.163. The number of unbranched alkanes of at least 4 members (excludes halogenated alkanes) is 12. The lowest BCUT2D eigenvalue weighted by Gasteiger charge is -2.13. The zero-order chi connectivity index (χ0) is 21.6. The normalized spacial score (nSPS) is 13.7. The van der Waals surface area contributed by atoms with Crippen LogP contribution in [0.5, 0.6) is 0 Å².